The molecule has 0 saturated carbocycles. The standard InChI is InChI=1S/C25H32Cl2N2O3/c1-6-17-8-11-19(12-9-17)32-16-23(30)29(15-18-10-13-20(26)21(27)14-18)22(7-2)24(31)28-25(3,4)5/h8-14,22H,6-7,15-16H2,1-5H3,(H,28,31)/t22-/m1/s1. The lowest BCUT2D eigenvalue weighted by molar-refractivity contribution is -0.143. The summed E-state index contributed by atoms with van der Waals surface area (Å²) >= 11 is 12.2. The van der Waals surface area contributed by atoms with Crippen molar-refractivity contribution in [3.8, 4) is 5.75 Å². The molecule has 0 aliphatic rings. The maximum absolute atomic E-state index is 13.2. The summed E-state index contributed by atoms with van der Waals surface area (Å²) < 4.78 is 5.73. The average Bonchev–Trinajstić information content (AvgIpc) is 2.73. The van der Waals surface area contributed by atoms with Crippen LogP contribution in [0.1, 0.15) is 52.2 Å². The molecule has 0 heterocycles. The first-order valence-corrected chi connectivity index (χ1v) is 11.6. The molecular weight excluding hydrogens is 447 g/mol. The zero-order valence-corrected chi connectivity index (χ0v) is 20.9. The molecule has 174 valence electrons. The van der Waals surface area contributed by atoms with E-state index in [1.807, 2.05) is 52.0 Å². The number of nitrogens with one attached hydrogen (secondary N) is 1. The number of amides is 2. The van der Waals surface area contributed by atoms with Crippen LogP contribution in [0.4, 0.5) is 0 Å². The Hall–Kier alpha value is -2.24. The third-order valence-electron chi connectivity index (χ3n) is 4.91. The second-order valence-electron chi connectivity index (χ2n) is 8.72. The number of nitrogens with zero attached hydrogens (tertiary/aromatic N) is 1. The fourth-order valence-corrected chi connectivity index (χ4v) is 3.58. The van der Waals surface area contributed by atoms with Crippen LogP contribution in [-0.2, 0) is 22.6 Å². The van der Waals surface area contributed by atoms with Gasteiger partial charge in [-0.2, -0.15) is 0 Å². The molecule has 0 fully saturated rings. The largest absolute Gasteiger partial charge is 0.484 e. The number of benzene rings is 2. The lowest BCUT2D eigenvalue weighted by Crippen LogP contribution is -2.54. The number of rotatable bonds is 9. The van der Waals surface area contributed by atoms with Crippen molar-refractivity contribution < 1.29 is 14.3 Å². The van der Waals surface area contributed by atoms with E-state index in [1.165, 1.54) is 5.56 Å². The molecule has 1 atom stereocenters. The Kier molecular flexibility index (Phi) is 9.41. The minimum atomic E-state index is -0.651. The minimum Gasteiger partial charge on any atom is -0.484 e. The van der Waals surface area contributed by atoms with Crippen molar-refractivity contribution in [1.29, 1.82) is 0 Å². The molecule has 0 radical (unpaired) electrons. The highest BCUT2D eigenvalue weighted by molar-refractivity contribution is 6.42. The van der Waals surface area contributed by atoms with Crippen molar-refractivity contribution in [2.75, 3.05) is 6.61 Å². The van der Waals surface area contributed by atoms with Crippen molar-refractivity contribution in [3.05, 3.63) is 63.6 Å². The average molecular weight is 479 g/mol. The third-order valence-corrected chi connectivity index (χ3v) is 5.65. The van der Waals surface area contributed by atoms with Gasteiger partial charge >= 0.3 is 0 Å². The molecule has 0 aliphatic carbocycles. The molecule has 2 aromatic rings. The molecule has 1 N–H and O–H groups in total. The summed E-state index contributed by atoms with van der Waals surface area (Å²) in [6, 6.07) is 12.2. The number of halogens is 2. The van der Waals surface area contributed by atoms with E-state index in [1.54, 1.807) is 23.1 Å². The van der Waals surface area contributed by atoms with Crippen LogP contribution in [0.15, 0.2) is 42.5 Å². The van der Waals surface area contributed by atoms with Crippen LogP contribution in [0, 0.1) is 0 Å². The van der Waals surface area contributed by atoms with Crippen molar-refractivity contribution in [1.82, 2.24) is 10.2 Å². The van der Waals surface area contributed by atoms with Crippen LogP contribution in [0.3, 0.4) is 0 Å². The van der Waals surface area contributed by atoms with E-state index in [9.17, 15) is 9.59 Å². The molecular formula is C25H32Cl2N2O3. The fraction of sp³-hybridized carbons (Fsp3) is 0.440. The van der Waals surface area contributed by atoms with Crippen LogP contribution in [0.2, 0.25) is 10.0 Å². The van der Waals surface area contributed by atoms with Crippen molar-refractivity contribution in [2.45, 2.75) is 65.6 Å². The molecule has 0 aromatic heterocycles. The van der Waals surface area contributed by atoms with E-state index in [4.69, 9.17) is 27.9 Å². The highest BCUT2D eigenvalue weighted by Gasteiger charge is 2.31. The predicted molar refractivity (Wildman–Crippen MR) is 130 cm³/mol. The summed E-state index contributed by atoms with van der Waals surface area (Å²) in [6.45, 7) is 9.72. The maximum Gasteiger partial charge on any atom is 0.261 e. The van der Waals surface area contributed by atoms with Gasteiger partial charge in [0.2, 0.25) is 5.91 Å². The summed E-state index contributed by atoms with van der Waals surface area (Å²) in [5.41, 5.74) is 1.55. The van der Waals surface area contributed by atoms with Crippen LogP contribution in [0.25, 0.3) is 0 Å². The van der Waals surface area contributed by atoms with Gasteiger partial charge in [0, 0.05) is 12.1 Å². The summed E-state index contributed by atoms with van der Waals surface area (Å²) in [5.74, 6) is 0.115. The Balaban J connectivity index is 2.24. The minimum absolute atomic E-state index is 0.175. The number of carbonyl (C=O) groups excluding carboxylic acids is 2. The Labute approximate surface area is 201 Å². The van der Waals surface area contributed by atoms with Crippen LogP contribution < -0.4 is 10.1 Å². The van der Waals surface area contributed by atoms with Gasteiger partial charge in [-0.1, -0.05) is 55.2 Å². The molecule has 2 rings (SSSR count). The molecule has 2 amide bonds. The van der Waals surface area contributed by atoms with E-state index in [2.05, 4.69) is 12.2 Å². The first-order chi connectivity index (χ1) is 15.0. The molecule has 7 heteroatoms. The predicted octanol–water partition coefficient (Wildman–Crippen LogP) is 5.66. The van der Waals surface area contributed by atoms with Crippen LogP contribution >= 0.6 is 23.2 Å². The first-order valence-electron chi connectivity index (χ1n) is 10.8. The zero-order chi connectivity index (χ0) is 23.9. The van der Waals surface area contributed by atoms with Crippen LogP contribution in [-0.4, -0.2) is 34.9 Å². The number of hydrogen-bond acceptors (Lipinski definition) is 3. The summed E-state index contributed by atoms with van der Waals surface area (Å²) in [4.78, 5) is 27.8. The summed E-state index contributed by atoms with van der Waals surface area (Å²) in [6.07, 6.45) is 1.39. The number of carbonyl (C=O) groups is 2. The zero-order valence-electron chi connectivity index (χ0n) is 19.4. The summed E-state index contributed by atoms with van der Waals surface area (Å²) in [5, 5.41) is 3.81. The molecule has 2 aromatic carbocycles. The number of aryl methyl sites for hydroxylation is 1. The molecule has 0 bridgehead atoms. The third kappa shape index (κ3) is 7.72. The van der Waals surface area contributed by atoms with Gasteiger partial charge in [0.25, 0.3) is 5.91 Å². The molecule has 5 nitrogen and oxygen atoms in total. The number of hydrogen-bond donors (Lipinski definition) is 1. The van der Waals surface area contributed by atoms with Gasteiger partial charge < -0.3 is 15.0 Å². The van der Waals surface area contributed by atoms with E-state index < -0.39 is 11.6 Å². The molecule has 0 spiro atoms. The van der Waals surface area contributed by atoms with Gasteiger partial charge in [-0.25, -0.2) is 0 Å². The van der Waals surface area contributed by atoms with E-state index in [0.717, 1.165) is 12.0 Å². The molecule has 0 unspecified atom stereocenters. The molecule has 0 saturated heterocycles. The second kappa shape index (κ2) is 11.6. The lowest BCUT2D eigenvalue weighted by atomic mass is 10.1. The van der Waals surface area contributed by atoms with E-state index in [0.29, 0.717) is 22.2 Å². The quantitative estimate of drug-likeness (QED) is 0.505. The lowest BCUT2D eigenvalue weighted by Gasteiger charge is -2.33. The maximum atomic E-state index is 13.2. The topological polar surface area (TPSA) is 58.6 Å². The van der Waals surface area contributed by atoms with Gasteiger partial charge in [0.1, 0.15) is 11.8 Å². The van der Waals surface area contributed by atoms with Gasteiger partial charge in [-0.3, -0.25) is 9.59 Å². The normalized spacial score (nSPS) is 12.2. The Morgan fingerprint density at radius 1 is 1.00 bits per heavy atom. The summed E-state index contributed by atoms with van der Waals surface area (Å²) in [7, 11) is 0. The van der Waals surface area contributed by atoms with Crippen molar-refractivity contribution in [2.24, 2.45) is 0 Å². The van der Waals surface area contributed by atoms with Crippen molar-refractivity contribution >= 4 is 35.0 Å². The molecule has 32 heavy (non-hydrogen) atoms. The highest BCUT2D eigenvalue weighted by Crippen LogP contribution is 2.24. The van der Waals surface area contributed by atoms with E-state index >= 15 is 0 Å². The molecule has 0 aliphatic heterocycles. The van der Waals surface area contributed by atoms with Gasteiger partial charge in [0.05, 0.1) is 10.0 Å². The van der Waals surface area contributed by atoms with Crippen LogP contribution in [0.5, 0.6) is 5.75 Å². The first kappa shape index (κ1) is 26.0. The Morgan fingerprint density at radius 3 is 2.16 bits per heavy atom. The SMILES string of the molecule is CCc1ccc(OCC(=O)N(Cc2ccc(Cl)c(Cl)c2)[C@H](CC)C(=O)NC(C)(C)C)cc1. The number of ether oxygens (including phenoxy) is 1. The second-order valence-corrected chi connectivity index (χ2v) is 9.53. The Morgan fingerprint density at radius 2 is 1.62 bits per heavy atom. The van der Waals surface area contributed by atoms with Gasteiger partial charge in [0.15, 0.2) is 6.61 Å². The van der Waals surface area contributed by atoms with E-state index in [-0.39, 0.29) is 25.0 Å². The Bertz CT molecular complexity index is 924. The highest BCUT2D eigenvalue weighted by atomic mass is 35.5. The fourth-order valence-electron chi connectivity index (χ4n) is 3.26. The monoisotopic (exact) mass is 478 g/mol. The smallest absolute Gasteiger partial charge is 0.261 e. The van der Waals surface area contributed by atoms with Gasteiger partial charge in [-0.15, -0.1) is 0 Å². The van der Waals surface area contributed by atoms with Gasteiger partial charge in [-0.05, 0) is 69.0 Å². The van der Waals surface area contributed by atoms with Crippen molar-refractivity contribution in [3.63, 3.8) is 0 Å².